The molecule has 24 heavy (non-hydrogen) atoms. The van der Waals surface area contributed by atoms with E-state index in [0.29, 0.717) is 5.92 Å². The van der Waals surface area contributed by atoms with E-state index in [2.05, 4.69) is 59.1 Å². The van der Waals surface area contributed by atoms with Crippen LogP contribution < -0.4 is 4.90 Å². The van der Waals surface area contributed by atoms with Gasteiger partial charge in [0.15, 0.2) is 0 Å². The number of hydrogen-bond donors (Lipinski definition) is 1. The molecule has 1 N–H and O–H groups in total. The molecular weight excluding hydrogens is 298 g/mol. The van der Waals surface area contributed by atoms with Crippen LogP contribution in [0.3, 0.4) is 0 Å². The molecule has 1 fully saturated rings. The van der Waals surface area contributed by atoms with Crippen LogP contribution in [0.4, 0.5) is 5.82 Å². The smallest absolute Gasteiger partial charge is 0.137 e. The van der Waals surface area contributed by atoms with Crippen molar-refractivity contribution in [1.29, 1.82) is 0 Å². The second kappa shape index (κ2) is 5.89. The van der Waals surface area contributed by atoms with Crippen LogP contribution in [0.1, 0.15) is 41.3 Å². The minimum absolute atomic E-state index is 0.401. The molecule has 5 heteroatoms. The number of nitrogens with one attached hydrogen (secondary N) is 1. The van der Waals surface area contributed by atoms with Gasteiger partial charge >= 0.3 is 0 Å². The van der Waals surface area contributed by atoms with Crippen LogP contribution in [0.15, 0.2) is 24.5 Å². The van der Waals surface area contributed by atoms with E-state index in [9.17, 15) is 0 Å². The van der Waals surface area contributed by atoms with Crippen LogP contribution in [0.2, 0.25) is 0 Å². The Balaban J connectivity index is 1.72. The van der Waals surface area contributed by atoms with Crippen molar-refractivity contribution in [3.8, 4) is 0 Å². The first-order valence-corrected chi connectivity index (χ1v) is 8.61. The lowest BCUT2D eigenvalue weighted by molar-refractivity contribution is 0.490. The maximum atomic E-state index is 5.02. The molecule has 0 bridgehead atoms. The van der Waals surface area contributed by atoms with Gasteiger partial charge in [-0.2, -0.15) is 5.10 Å². The second-order valence-electron chi connectivity index (χ2n) is 6.86. The molecule has 1 atom stereocenters. The number of anilines is 1. The molecule has 0 amide bonds. The summed E-state index contributed by atoms with van der Waals surface area (Å²) in [5.74, 6) is 2.47. The largest absolute Gasteiger partial charge is 0.356 e. The van der Waals surface area contributed by atoms with Gasteiger partial charge in [-0.3, -0.25) is 5.10 Å². The summed E-state index contributed by atoms with van der Waals surface area (Å²) >= 11 is 0. The van der Waals surface area contributed by atoms with Gasteiger partial charge in [-0.05, 0) is 56.4 Å². The Morgan fingerprint density at radius 2 is 2.04 bits per heavy atom. The lowest BCUT2D eigenvalue weighted by Gasteiger charge is -2.33. The third-order valence-corrected chi connectivity index (χ3v) is 5.26. The molecule has 2 aromatic heterocycles. The lowest BCUT2D eigenvalue weighted by atomic mass is 9.97. The zero-order valence-corrected chi connectivity index (χ0v) is 14.5. The molecule has 1 saturated heterocycles. The molecule has 3 aromatic rings. The van der Waals surface area contributed by atoms with Crippen molar-refractivity contribution in [3.63, 3.8) is 0 Å². The van der Waals surface area contributed by atoms with Crippen LogP contribution in [0.25, 0.3) is 10.9 Å². The predicted octanol–water partition coefficient (Wildman–Crippen LogP) is 3.66. The highest BCUT2D eigenvalue weighted by molar-refractivity contribution is 5.87. The quantitative estimate of drug-likeness (QED) is 0.782. The van der Waals surface area contributed by atoms with Gasteiger partial charge in [-0.25, -0.2) is 9.97 Å². The number of rotatable bonds is 2. The predicted molar refractivity (Wildman–Crippen MR) is 96.5 cm³/mol. The number of fused-ring (bicyclic) bond motifs is 1. The summed E-state index contributed by atoms with van der Waals surface area (Å²) in [7, 11) is 0. The molecule has 124 valence electrons. The third-order valence-electron chi connectivity index (χ3n) is 5.26. The fourth-order valence-corrected chi connectivity index (χ4v) is 3.66. The molecular formula is C19H23N5. The summed E-state index contributed by atoms with van der Waals surface area (Å²) in [5.41, 5.74) is 5.00. The zero-order valence-electron chi connectivity index (χ0n) is 14.5. The Morgan fingerprint density at radius 1 is 1.17 bits per heavy atom. The maximum Gasteiger partial charge on any atom is 0.137 e. The SMILES string of the molecule is Cc1ccc2c(C)cc(N3CCCC(c4ncn[nH]4)C3)nc2c1C. The zero-order chi connectivity index (χ0) is 16.7. The van der Waals surface area contributed by atoms with Gasteiger partial charge in [0.25, 0.3) is 0 Å². The Labute approximate surface area is 142 Å². The fourth-order valence-electron chi connectivity index (χ4n) is 3.66. The number of aryl methyl sites for hydroxylation is 3. The second-order valence-corrected chi connectivity index (χ2v) is 6.86. The molecule has 1 unspecified atom stereocenters. The highest BCUT2D eigenvalue weighted by atomic mass is 15.2. The number of aromatic amines is 1. The van der Waals surface area contributed by atoms with Crippen LogP contribution in [-0.2, 0) is 0 Å². The van der Waals surface area contributed by atoms with E-state index in [4.69, 9.17) is 4.98 Å². The van der Waals surface area contributed by atoms with Gasteiger partial charge in [0.1, 0.15) is 18.0 Å². The number of H-pyrrole nitrogens is 1. The van der Waals surface area contributed by atoms with E-state index in [-0.39, 0.29) is 0 Å². The number of hydrogen-bond acceptors (Lipinski definition) is 4. The number of piperidine rings is 1. The summed E-state index contributed by atoms with van der Waals surface area (Å²) in [6, 6.07) is 6.60. The van der Waals surface area contributed by atoms with Crippen LogP contribution in [-0.4, -0.2) is 33.3 Å². The number of pyridine rings is 1. The van der Waals surface area contributed by atoms with Crippen molar-refractivity contribution >= 4 is 16.7 Å². The van der Waals surface area contributed by atoms with Gasteiger partial charge < -0.3 is 4.90 Å². The molecule has 0 aliphatic carbocycles. The molecule has 3 heterocycles. The van der Waals surface area contributed by atoms with Gasteiger partial charge in [-0.1, -0.05) is 12.1 Å². The molecule has 1 aromatic carbocycles. The lowest BCUT2D eigenvalue weighted by Crippen LogP contribution is -2.35. The summed E-state index contributed by atoms with van der Waals surface area (Å²) in [6.07, 6.45) is 3.90. The average Bonchev–Trinajstić information content (AvgIpc) is 3.13. The number of benzene rings is 1. The van der Waals surface area contributed by atoms with E-state index < -0.39 is 0 Å². The van der Waals surface area contributed by atoms with Crippen molar-refractivity contribution in [3.05, 3.63) is 47.0 Å². The first-order valence-electron chi connectivity index (χ1n) is 8.61. The first-order chi connectivity index (χ1) is 11.6. The standard InChI is InChI=1S/C19H23N5/c1-12-6-7-16-13(2)9-17(22-18(16)14(12)3)24-8-4-5-15(10-24)19-20-11-21-23-19/h6-7,9,11,15H,4-5,8,10H2,1-3H3,(H,20,21,23). The highest BCUT2D eigenvalue weighted by Crippen LogP contribution is 2.31. The average molecular weight is 321 g/mol. The van der Waals surface area contributed by atoms with Crippen LogP contribution >= 0.6 is 0 Å². The summed E-state index contributed by atoms with van der Waals surface area (Å²) in [6.45, 7) is 8.49. The molecule has 1 aliphatic heterocycles. The minimum Gasteiger partial charge on any atom is -0.356 e. The van der Waals surface area contributed by atoms with Gasteiger partial charge in [0.2, 0.25) is 0 Å². The number of aromatic nitrogens is 4. The Kier molecular flexibility index (Phi) is 3.71. The number of nitrogens with zero attached hydrogens (tertiary/aromatic N) is 4. The van der Waals surface area contributed by atoms with Crippen molar-refractivity contribution < 1.29 is 0 Å². The molecule has 4 rings (SSSR count). The molecule has 5 nitrogen and oxygen atoms in total. The fraction of sp³-hybridized carbons (Fsp3) is 0.421. The van der Waals surface area contributed by atoms with Crippen LogP contribution in [0.5, 0.6) is 0 Å². The highest BCUT2D eigenvalue weighted by Gasteiger charge is 2.24. The van der Waals surface area contributed by atoms with Gasteiger partial charge in [0.05, 0.1) is 5.52 Å². The molecule has 0 saturated carbocycles. The molecule has 0 spiro atoms. The third kappa shape index (κ3) is 2.54. The summed E-state index contributed by atoms with van der Waals surface area (Å²) < 4.78 is 0. The van der Waals surface area contributed by atoms with E-state index in [1.165, 1.54) is 22.1 Å². The maximum absolute atomic E-state index is 5.02. The Hall–Kier alpha value is -2.43. The van der Waals surface area contributed by atoms with Crippen LogP contribution in [0, 0.1) is 20.8 Å². The molecule has 1 aliphatic rings. The normalized spacial score (nSPS) is 18.3. The van der Waals surface area contributed by atoms with Gasteiger partial charge in [-0.15, -0.1) is 0 Å². The monoisotopic (exact) mass is 321 g/mol. The first kappa shape index (κ1) is 15.1. The Bertz CT molecular complexity index is 869. The van der Waals surface area contributed by atoms with E-state index in [1.54, 1.807) is 6.33 Å². The van der Waals surface area contributed by atoms with Crippen molar-refractivity contribution in [1.82, 2.24) is 20.2 Å². The summed E-state index contributed by atoms with van der Waals surface area (Å²) in [4.78, 5) is 11.8. The molecule has 0 radical (unpaired) electrons. The van der Waals surface area contributed by atoms with E-state index >= 15 is 0 Å². The van der Waals surface area contributed by atoms with Gasteiger partial charge in [0, 0.05) is 24.4 Å². The minimum atomic E-state index is 0.401. The van der Waals surface area contributed by atoms with E-state index in [0.717, 1.165) is 43.1 Å². The van der Waals surface area contributed by atoms with E-state index in [1.807, 2.05) is 0 Å². The van der Waals surface area contributed by atoms with Crippen molar-refractivity contribution in [2.24, 2.45) is 0 Å². The van der Waals surface area contributed by atoms with Crippen molar-refractivity contribution in [2.45, 2.75) is 39.5 Å². The topological polar surface area (TPSA) is 57.7 Å². The summed E-state index contributed by atoms with van der Waals surface area (Å²) in [5, 5.41) is 8.28. The Morgan fingerprint density at radius 3 is 2.83 bits per heavy atom. The van der Waals surface area contributed by atoms with Crippen molar-refractivity contribution in [2.75, 3.05) is 18.0 Å².